The molecule has 1 atom stereocenters. The topological polar surface area (TPSA) is 29.6 Å². The Hall–Kier alpha value is -2.36. The van der Waals surface area contributed by atoms with Gasteiger partial charge < -0.3 is 4.74 Å². The van der Waals surface area contributed by atoms with Crippen LogP contribution >= 0.6 is 11.8 Å². The normalized spacial score (nSPS) is 18.1. The Morgan fingerprint density at radius 2 is 1.21 bits per heavy atom. The zero-order valence-corrected chi connectivity index (χ0v) is 13.8. The number of benzene rings is 3. The molecular formula is C21H16O2S. The highest BCUT2D eigenvalue weighted by molar-refractivity contribution is 8.13. The molecule has 1 aliphatic rings. The summed E-state index contributed by atoms with van der Waals surface area (Å²) in [5.41, 5.74) is 1.37. The van der Waals surface area contributed by atoms with Crippen molar-refractivity contribution in [1.82, 2.24) is 0 Å². The lowest BCUT2D eigenvalue weighted by molar-refractivity contribution is -0.112. The SMILES string of the molecule is O=C(Sc1ccccc1)C1OC1(c1ccccc1)c1ccccc1. The first-order valence-electron chi connectivity index (χ1n) is 7.86. The van der Waals surface area contributed by atoms with Gasteiger partial charge in [0.2, 0.25) is 5.12 Å². The molecule has 0 N–H and O–H groups in total. The van der Waals surface area contributed by atoms with Crippen molar-refractivity contribution >= 4 is 16.9 Å². The molecule has 1 fully saturated rings. The van der Waals surface area contributed by atoms with Gasteiger partial charge in [-0.15, -0.1) is 0 Å². The molecule has 0 spiro atoms. The fourth-order valence-electron chi connectivity index (χ4n) is 3.00. The summed E-state index contributed by atoms with van der Waals surface area (Å²) in [6.45, 7) is 0. The van der Waals surface area contributed by atoms with E-state index in [4.69, 9.17) is 4.74 Å². The highest BCUT2D eigenvalue weighted by Gasteiger charge is 2.62. The van der Waals surface area contributed by atoms with Crippen LogP contribution < -0.4 is 0 Å². The van der Waals surface area contributed by atoms with Gasteiger partial charge in [-0.2, -0.15) is 0 Å². The van der Waals surface area contributed by atoms with E-state index in [0.717, 1.165) is 16.0 Å². The number of hydrogen-bond acceptors (Lipinski definition) is 3. The highest BCUT2D eigenvalue weighted by atomic mass is 32.2. The van der Waals surface area contributed by atoms with Gasteiger partial charge in [-0.3, -0.25) is 4.79 Å². The second kappa shape index (κ2) is 6.27. The molecule has 24 heavy (non-hydrogen) atoms. The van der Waals surface area contributed by atoms with Crippen molar-refractivity contribution in [2.75, 3.05) is 0 Å². The van der Waals surface area contributed by atoms with Gasteiger partial charge in [0, 0.05) is 4.90 Å². The molecular weight excluding hydrogens is 316 g/mol. The molecule has 0 saturated carbocycles. The second-order valence-electron chi connectivity index (χ2n) is 5.70. The Bertz CT molecular complexity index is 792. The second-order valence-corrected chi connectivity index (χ2v) is 6.78. The molecule has 0 aliphatic carbocycles. The summed E-state index contributed by atoms with van der Waals surface area (Å²) >= 11 is 1.24. The fraction of sp³-hybridized carbons (Fsp3) is 0.0952. The minimum Gasteiger partial charge on any atom is -0.346 e. The third-order valence-corrected chi connectivity index (χ3v) is 5.12. The van der Waals surface area contributed by atoms with Crippen molar-refractivity contribution < 1.29 is 9.53 Å². The number of carbonyl (C=O) groups excluding carboxylic acids is 1. The van der Waals surface area contributed by atoms with Crippen LogP contribution in [-0.2, 0) is 15.1 Å². The molecule has 1 unspecified atom stereocenters. The molecule has 2 nitrogen and oxygen atoms in total. The number of epoxide rings is 1. The molecule has 4 rings (SSSR count). The Morgan fingerprint density at radius 3 is 1.71 bits per heavy atom. The Morgan fingerprint density at radius 1 is 0.750 bits per heavy atom. The van der Waals surface area contributed by atoms with Gasteiger partial charge in [-0.25, -0.2) is 0 Å². The lowest BCUT2D eigenvalue weighted by Gasteiger charge is -2.13. The van der Waals surface area contributed by atoms with Crippen LogP contribution in [0.25, 0.3) is 0 Å². The first kappa shape index (κ1) is 15.2. The van der Waals surface area contributed by atoms with Crippen molar-refractivity contribution in [3.63, 3.8) is 0 Å². The van der Waals surface area contributed by atoms with E-state index in [1.165, 1.54) is 11.8 Å². The number of carbonyl (C=O) groups is 1. The smallest absolute Gasteiger partial charge is 0.226 e. The fourth-order valence-corrected chi connectivity index (χ4v) is 3.85. The summed E-state index contributed by atoms with van der Waals surface area (Å²) in [7, 11) is 0. The molecule has 1 heterocycles. The van der Waals surface area contributed by atoms with E-state index in [1.807, 2.05) is 91.0 Å². The van der Waals surface area contributed by atoms with Crippen molar-refractivity contribution in [2.24, 2.45) is 0 Å². The molecule has 0 amide bonds. The van der Waals surface area contributed by atoms with E-state index in [9.17, 15) is 4.79 Å². The van der Waals surface area contributed by atoms with Gasteiger partial charge in [-0.1, -0.05) is 78.9 Å². The third kappa shape index (κ3) is 2.66. The number of ether oxygens (including phenoxy) is 1. The van der Waals surface area contributed by atoms with Crippen LogP contribution in [0, 0.1) is 0 Å². The van der Waals surface area contributed by atoms with Gasteiger partial charge >= 0.3 is 0 Å². The van der Waals surface area contributed by atoms with Crippen molar-refractivity contribution in [3.05, 3.63) is 102 Å². The summed E-state index contributed by atoms with van der Waals surface area (Å²) in [5, 5.41) is 0.0360. The molecule has 0 aromatic heterocycles. The quantitative estimate of drug-likeness (QED) is 0.514. The molecule has 3 aromatic rings. The van der Waals surface area contributed by atoms with Gasteiger partial charge in [0.25, 0.3) is 0 Å². The lowest BCUT2D eigenvalue weighted by Crippen LogP contribution is -2.19. The monoisotopic (exact) mass is 332 g/mol. The zero-order valence-electron chi connectivity index (χ0n) is 13.0. The maximum Gasteiger partial charge on any atom is 0.226 e. The van der Waals surface area contributed by atoms with E-state index in [1.54, 1.807) is 0 Å². The maximum atomic E-state index is 12.8. The molecule has 1 aliphatic heterocycles. The van der Waals surface area contributed by atoms with Crippen molar-refractivity contribution in [2.45, 2.75) is 16.6 Å². The van der Waals surface area contributed by atoms with Gasteiger partial charge in [0.1, 0.15) is 0 Å². The Labute approximate surface area is 145 Å². The highest BCUT2D eigenvalue weighted by Crippen LogP contribution is 2.53. The third-order valence-electron chi connectivity index (χ3n) is 4.20. The van der Waals surface area contributed by atoms with E-state index in [2.05, 4.69) is 0 Å². The number of thioether (sulfide) groups is 1. The first-order valence-corrected chi connectivity index (χ1v) is 8.68. The first-order chi connectivity index (χ1) is 11.8. The van der Waals surface area contributed by atoms with Crippen LogP contribution in [0.3, 0.4) is 0 Å². The van der Waals surface area contributed by atoms with Crippen LogP contribution in [-0.4, -0.2) is 11.2 Å². The molecule has 0 radical (unpaired) electrons. The zero-order chi connectivity index (χ0) is 16.4. The van der Waals surface area contributed by atoms with E-state index in [0.29, 0.717) is 0 Å². The average Bonchev–Trinajstić information content (AvgIpc) is 3.41. The lowest BCUT2D eigenvalue weighted by atomic mass is 9.88. The number of rotatable bonds is 4. The van der Waals surface area contributed by atoms with Crippen molar-refractivity contribution in [1.29, 1.82) is 0 Å². The largest absolute Gasteiger partial charge is 0.346 e. The van der Waals surface area contributed by atoms with Crippen molar-refractivity contribution in [3.8, 4) is 0 Å². The molecule has 0 bridgehead atoms. The predicted octanol–water partition coefficient (Wildman–Crippen LogP) is 4.65. The maximum absolute atomic E-state index is 12.8. The minimum atomic E-state index is -0.665. The molecule has 118 valence electrons. The average molecular weight is 332 g/mol. The number of hydrogen-bond donors (Lipinski definition) is 0. The molecule has 1 saturated heterocycles. The standard InChI is InChI=1S/C21H16O2S/c22-20(24-18-14-8-3-9-15-18)19-21(23-19,16-10-4-1-5-11-16)17-12-6-2-7-13-17/h1-15,19H. The minimum absolute atomic E-state index is 0.0360. The summed E-state index contributed by atoms with van der Waals surface area (Å²) in [4.78, 5) is 13.7. The van der Waals surface area contributed by atoms with Crippen LogP contribution in [0.2, 0.25) is 0 Å². The van der Waals surface area contributed by atoms with E-state index < -0.39 is 11.7 Å². The Kier molecular flexibility index (Phi) is 3.97. The summed E-state index contributed by atoms with van der Waals surface area (Å²) in [6.07, 6.45) is -0.465. The van der Waals surface area contributed by atoms with Gasteiger partial charge in [0.15, 0.2) is 11.7 Å². The summed E-state index contributed by atoms with van der Waals surface area (Å²) in [5.74, 6) is 0. The molecule has 3 aromatic carbocycles. The Balaban J connectivity index is 1.66. The van der Waals surface area contributed by atoms with Crippen LogP contribution in [0.5, 0.6) is 0 Å². The van der Waals surface area contributed by atoms with Gasteiger partial charge in [-0.05, 0) is 35.0 Å². The van der Waals surface area contributed by atoms with E-state index in [-0.39, 0.29) is 5.12 Å². The summed E-state index contributed by atoms with van der Waals surface area (Å²) in [6, 6.07) is 29.6. The van der Waals surface area contributed by atoms with Crippen LogP contribution in [0.15, 0.2) is 95.9 Å². The van der Waals surface area contributed by atoms with Crippen LogP contribution in [0.1, 0.15) is 11.1 Å². The predicted molar refractivity (Wildman–Crippen MR) is 95.8 cm³/mol. The van der Waals surface area contributed by atoms with Crippen LogP contribution in [0.4, 0.5) is 0 Å². The molecule has 3 heteroatoms. The summed E-state index contributed by atoms with van der Waals surface area (Å²) < 4.78 is 6.04. The van der Waals surface area contributed by atoms with E-state index >= 15 is 0 Å². The van der Waals surface area contributed by atoms with Gasteiger partial charge in [0.05, 0.1) is 0 Å².